The molecule has 2 amide bonds. The molecule has 0 unspecified atom stereocenters. The molecule has 2 saturated heterocycles. The van der Waals surface area contributed by atoms with Crippen LogP contribution in [0.15, 0.2) is 42.5 Å². The van der Waals surface area contributed by atoms with Crippen LogP contribution in [0.4, 0.5) is 24.5 Å². The lowest BCUT2D eigenvalue weighted by atomic mass is 10.1. The Hall–Kier alpha value is -2.29. The predicted molar refractivity (Wildman–Crippen MR) is 112 cm³/mol. The van der Waals surface area contributed by atoms with Gasteiger partial charge in [-0.25, -0.2) is 4.90 Å². The van der Waals surface area contributed by atoms with Gasteiger partial charge in [0.05, 0.1) is 53.9 Å². The van der Waals surface area contributed by atoms with Gasteiger partial charge >= 0.3 is 6.18 Å². The quantitative estimate of drug-likeness (QED) is 0.698. The summed E-state index contributed by atoms with van der Waals surface area (Å²) in [5, 5.41) is 0.586. The summed E-state index contributed by atoms with van der Waals surface area (Å²) in [6.45, 7) is 2.05. The molecule has 2 aliphatic heterocycles. The maximum Gasteiger partial charge on any atom is 0.416 e. The molecular weight excluding hydrogens is 454 g/mol. The molecule has 2 heterocycles. The van der Waals surface area contributed by atoms with Gasteiger partial charge in [-0.3, -0.25) is 9.59 Å². The minimum absolute atomic E-state index is 0.0813. The zero-order valence-electron chi connectivity index (χ0n) is 16.3. The Morgan fingerprint density at radius 1 is 0.935 bits per heavy atom. The van der Waals surface area contributed by atoms with Crippen molar-refractivity contribution in [3.63, 3.8) is 0 Å². The van der Waals surface area contributed by atoms with E-state index >= 15 is 0 Å². The lowest BCUT2D eigenvalue weighted by Crippen LogP contribution is -3.19. The molecule has 0 aromatic heterocycles. The van der Waals surface area contributed by atoms with E-state index in [1.54, 1.807) is 12.1 Å². The van der Waals surface area contributed by atoms with Crippen molar-refractivity contribution in [3.05, 3.63) is 58.1 Å². The third kappa shape index (κ3) is 4.37. The first-order chi connectivity index (χ1) is 14.6. The Morgan fingerprint density at radius 2 is 1.65 bits per heavy atom. The second-order valence-corrected chi connectivity index (χ2v) is 8.43. The molecule has 164 valence electrons. The Bertz CT molecular complexity index is 1020. The van der Waals surface area contributed by atoms with Crippen molar-refractivity contribution in [1.82, 2.24) is 0 Å². The maximum atomic E-state index is 13.0. The molecule has 0 saturated carbocycles. The topological polar surface area (TPSA) is 45.1 Å². The number of carbonyl (C=O) groups excluding carboxylic acids is 2. The van der Waals surface area contributed by atoms with Gasteiger partial charge < -0.3 is 9.80 Å². The Kier molecular flexibility index (Phi) is 5.89. The molecule has 2 aromatic rings. The van der Waals surface area contributed by atoms with Gasteiger partial charge in [-0.05, 0) is 36.4 Å². The highest BCUT2D eigenvalue weighted by Crippen LogP contribution is 2.32. The first-order valence-electron chi connectivity index (χ1n) is 9.74. The molecule has 31 heavy (non-hydrogen) atoms. The fraction of sp³-hybridized carbons (Fsp3) is 0.333. The number of rotatable bonds is 3. The van der Waals surface area contributed by atoms with E-state index in [-0.39, 0.29) is 23.3 Å². The zero-order chi connectivity index (χ0) is 22.3. The van der Waals surface area contributed by atoms with Crippen LogP contribution in [0, 0.1) is 0 Å². The maximum absolute atomic E-state index is 13.0. The zero-order valence-corrected chi connectivity index (χ0v) is 17.8. The third-order valence-corrected chi connectivity index (χ3v) is 6.48. The minimum atomic E-state index is -4.40. The number of nitrogens with zero attached hydrogens (tertiary/aromatic N) is 2. The molecule has 2 fully saturated rings. The van der Waals surface area contributed by atoms with Gasteiger partial charge in [0.2, 0.25) is 5.91 Å². The van der Waals surface area contributed by atoms with Crippen LogP contribution in [0.1, 0.15) is 12.0 Å². The summed E-state index contributed by atoms with van der Waals surface area (Å²) >= 11 is 11.9. The van der Waals surface area contributed by atoms with Gasteiger partial charge in [-0.15, -0.1) is 0 Å². The summed E-state index contributed by atoms with van der Waals surface area (Å²) in [5.74, 6) is -0.605. The van der Waals surface area contributed by atoms with E-state index in [0.717, 1.165) is 21.9 Å². The number of piperazine rings is 1. The summed E-state index contributed by atoms with van der Waals surface area (Å²) in [6, 6.07) is 9.31. The number of benzene rings is 2. The molecule has 0 aliphatic carbocycles. The van der Waals surface area contributed by atoms with Crippen LogP contribution in [0.2, 0.25) is 10.0 Å². The van der Waals surface area contributed by atoms with E-state index < -0.39 is 17.8 Å². The van der Waals surface area contributed by atoms with Gasteiger partial charge in [0.15, 0.2) is 6.04 Å². The lowest BCUT2D eigenvalue weighted by molar-refractivity contribution is -0.915. The molecule has 2 aromatic carbocycles. The highest BCUT2D eigenvalue weighted by atomic mass is 35.5. The van der Waals surface area contributed by atoms with Crippen LogP contribution in [-0.2, 0) is 15.8 Å². The van der Waals surface area contributed by atoms with Crippen molar-refractivity contribution in [2.75, 3.05) is 36.0 Å². The van der Waals surface area contributed by atoms with Gasteiger partial charge in [-0.2, -0.15) is 13.2 Å². The SMILES string of the molecule is O=C1C[C@@H]([NH+]2CCN(c3cccc(C(F)(F)F)c3)CC2)C(=O)N1c1ccc(Cl)c(Cl)c1. The number of nitrogens with one attached hydrogen (secondary N) is 1. The highest BCUT2D eigenvalue weighted by molar-refractivity contribution is 6.42. The average Bonchev–Trinajstić information content (AvgIpc) is 3.04. The molecule has 1 N–H and O–H groups in total. The van der Waals surface area contributed by atoms with Crippen LogP contribution in [0.25, 0.3) is 0 Å². The fourth-order valence-electron chi connectivity index (χ4n) is 4.13. The van der Waals surface area contributed by atoms with E-state index in [4.69, 9.17) is 23.2 Å². The molecule has 0 bridgehead atoms. The number of imide groups is 1. The van der Waals surface area contributed by atoms with E-state index in [1.165, 1.54) is 18.2 Å². The number of anilines is 2. The minimum Gasteiger partial charge on any atom is -0.360 e. The number of hydrogen-bond acceptors (Lipinski definition) is 3. The average molecular weight is 473 g/mol. The monoisotopic (exact) mass is 472 g/mol. The largest absolute Gasteiger partial charge is 0.416 e. The summed E-state index contributed by atoms with van der Waals surface area (Å²) < 4.78 is 39.0. The smallest absolute Gasteiger partial charge is 0.360 e. The number of quaternary nitrogens is 1. The fourth-order valence-corrected chi connectivity index (χ4v) is 4.42. The van der Waals surface area contributed by atoms with Crippen LogP contribution >= 0.6 is 23.2 Å². The van der Waals surface area contributed by atoms with Crippen molar-refractivity contribution >= 4 is 46.4 Å². The normalized spacial score (nSPS) is 20.6. The van der Waals surface area contributed by atoms with Crippen molar-refractivity contribution in [2.45, 2.75) is 18.6 Å². The van der Waals surface area contributed by atoms with E-state index in [0.29, 0.717) is 42.6 Å². The number of alkyl halides is 3. The summed E-state index contributed by atoms with van der Waals surface area (Å²) in [4.78, 5) is 29.5. The van der Waals surface area contributed by atoms with Gasteiger partial charge in [0, 0.05) is 5.69 Å². The van der Waals surface area contributed by atoms with Crippen molar-refractivity contribution in [3.8, 4) is 0 Å². The molecular formula is C21H19Cl2F3N3O2+. The first-order valence-corrected chi connectivity index (χ1v) is 10.5. The van der Waals surface area contributed by atoms with Crippen molar-refractivity contribution in [2.24, 2.45) is 0 Å². The van der Waals surface area contributed by atoms with E-state index in [9.17, 15) is 22.8 Å². The molecule has 4 rings (SSSR count). The Balaban J connectivity index is 1.44. The lowest BCUT2D eigenvalue weighted by Gasteiger charge is -2.35. The van der Waals surface area contributed by atoms with Crippen LogP contribution in [0.3, 0.4) is 0 Å². The Labute approximate surface area is 186 Å². The second-order valence-electron chi connectivity index (χ2n) is 7.62. The first kappa shape index (κ1) is 21.9. The Morgan fingerprint density at radius 3 is 2.29 bits per heavy atom. The molecule has 0 spiro atoms. The molecule has 2 aliphatic rings. The predicted octanol–water partition coefficient (Wildman–Crippen LogP) is 3.05. The standard InChI is InChI=1S/C21H18Cl2F3N3O2/c22-16-5-4-15(11-17(16)23)29-19(30)12-18(20(29)31)28-8-6-27(7-9-28)14-3-1-2-13(10-14)21(24,25)26/h1-5,10-11,18H,6-9,12H2/p+1/t18-/m1/s1. The van der Waals surface area contributed by atoms with Crippen molar-refractivity contribution < 1.29 is 27.7 Å². The summed E-state index contributed by atoms with van der Waals surface area (Å²) in [7, 11) is 0. The molecule has 10 heteroatoms. The second kappa shape index (κ2) is 8.33. The molecule has 0 radical (unpaired) electrons. The summed E-state index contributed by atoms with van der Waals surface area (Å²) in [5.41, 5.74) is 0.197. The van der Waals surface area contributed by atoms with Gasteiger partial charge in [0.1, 0.15) is 0 Å². The number of hydrogen-bond donors (Lipinski definition) is 1. The van der Waals surface area contributed by atoms with Gasteiger partial charge in [-0.1, -0.05) is 29.3 Å². The van der Waals surface area contributed by atoms with Crippen molar-refractivity contribution in [1.29, 1.82) is 0 Å². The van der Waals surface area contributed by atoms with Crippen LogP contribution < -0.4 is 14.7 Å². The van der Waals surface area contributed by atoms with Crippen LogP contribution in [-0.4, -0.2) is 44.0 Å². The molecule has 1 atom stereocenters. The van der Waals surface area contributed by atoms with Crippen LogP contribution in [0.5, 0.6) is 0 Å². The third-order valence-electron chi connectivity index (χ3n) is 5.75. The molecule has 5 nitrogen and oxygen atoms in total. The van der Waals surface area contributed by atoms with E-state index in [1.807, 2.05) is 4.90 Å². The highest BCUT2D eigenvalue weighted by Gasteiger charge is 2.46. The number of carbonyl (C=O) groups is 2. The number of amides is 2. The van der Waals surface area contributed by atoms with E-state index in [2.05, 4.69) is 0 Å². The number of halogens is 5. The summed E-state index contributed by atoms with van der Waals surface area (Å²) in [6.07, 6.45) is -4.31. The van der Waals surface area contributed by atoms with Gasteiger partial charge in [0.25, 0.3) is 5.91 Å².